The number of aliphatic carboxylic acids is 1. The second-order valence-electron chi connectivity index (χ2n) is 4.81. The van der Waals surface area contributed by atoms with Crippen molar-refractivity contribution >= 4 is 11.9 Å². The van der Waals surface area contributed by atoms with Gasteiger partial charge in [0.05, 0.1) is 5.56 Å². The molecule has 5 heteroatoms. The summed E-state index contributed by atoms with van der Waals surface area (Å²) in [5, 5.41) is 8.83. The van der Waals surface area contributed by atoms with Crippen LogP contribution in [0, 0.1) is 24.1 Å². The fraction of sp³-hybridized carbons (Fsp3) is 0.333. The van der Waals surface area contributed by atoms with Gasteiger partial charge in [-0.15, -0.1) is 6.42 Å². The lowest BCUT2D eigenvalue weighted by molar-refractivity contribution is -0.137. The Morgan fingerprint density at radius 1 is 1.45 bits per heavy atom. The van der Waals surface area contributed by atoms with E-state index in [9.17, 15) is 14.0 Å². The van der Waals surface area contributed by atoms with Crippen molar-refractivity contribution in [3.05, 3.63) is 35.1 Å². The van der Waals surface area contributed by atoms with E-state index in [4.69, 9.17) is 11.5 Å². The molecular weight excluding hydrogens is 261 g/mol. The van der Waals surface area contributed by atoms with Crippen LogP contribution in [0.1, 0.15) is 29.8 Å². The van der Waals surface area contributed by atoms with E-state index in [2.05, 4.69) is 5.92 Å². The Labute approximate surface area is 117 Å². The maximum Gasteiger partial charge on any atom is 0.323 e. The molecule has 1 N–H and O–H groups in total. The van der Waals surface area contributed by atoms with Gasteiger partial charge < -0.3 is 10.0 Å². The molecule has 1 amide bonds. The first-order valence-electron chi connectivity index (χ1n) is 6.12. The first-order chi connectivity index (χ1) is 9.35. The van der Waals surface area contributed by atoms with E-state index in [1.165, 1.54) is 17.0 Å². The minimum atomic E-state index is -1.11. The molecule has 20 heavy (non-hydrogen) atoms. The molecule has 0 bridgehead atoms. The fourth-order valence-electron chi connectivity index (χ4n) is 1.77. The highest BCUT2D eigenvalue weighted by atomic mass is 19.1. The number of carboxylic acids is 1. The quantitative estimate of drug-likeness (QED) is 0.837. The van der Waals surface area contributed by atoms with Gasteiger partial charge in [0.15, 0.2) is 0 Å². The third-order valence-electron chi connectivity index (χ3n) is 2.57. The molecule has 1 aromatic rings. The van der Waals surface area contributed by atoms with Crippen molar-refractivity contribution in [2.24, 2.45) is 5.92 Å². The molecule has 1 aromatic carbocycles. The number of halogens is 1. The zero-order chi connectivity index (χ0) is 15.3. The van der Waals surface area contributed by atoms with Crippen LogP contribution in [0.4, 0.5) is 4.39 Å². The van der Waals surface area contributed by atoms with Crippen molar-refractivity contribution in [1.82, 2.24) is 4.90 Å². The summed E-state index contributed by atoms with van der Waals surface area (Å²) in [6.45, 7) is 3.59. The van der Waals surface area contributed by atoms with Gasteiger partial charge in [0.1, 0.15) is 12.4 Å². The lowest BCUT2D eigenvalue weighted by atomic mass is 10.1. The van der Waals surface area contributed by atoms with Crippen molar-refractivity contribution in [3.8, 4) is 12.3 Å². The molecule has 0 atom stereocenters. The maximum absolute atomic E-state index is 13.6. The van der Waals surface area contributed by atoms with Crippen LogP contribution in [-0.4, -0.2) is 35.0 Å². The molecule has 1 rings (SSSR count). The van der Waals surface area contributed by atoms with Gasteiger partial charge in [0.25, 0.3) is 5.91 Å². The van der Waals surface area contributed by atoms with Crippen molar-refractivity contribution in [2.45, 2.75) is 13.8 Å². The molecule has 106 valence electrons. The number of carboxylic acid groups (broad SMARTS) is 1. The Hall–Kier alpha value is -2.35. The van der Waals surface area contributed by atoms with Crippen LogP contribution < -0.4 is 0 Å². The molecule has 0 heterocycles. The van der Waals surface area contributed by atoms with Gasteiger partial charge >= 0.3 is 5.97 Å². The number of hydrogen-bond donors (Lipinski definition) is 1. The molecule has 0 unspecified atom stereocenters. The molecule has 0 fully saturated rings. The molecule has 0 saturated heterocycles. The summed E-state index contributed by atoms with van der Waals surface area (Å²) in [5.41, 5.74) is 0.151. The summed E-state index contributed by atoms with van der Waals surface area (Å²) in [5.74, 6) is -0.0384. The molecule has 0 spiro atoms. The summed E-state index contributed by atoms with van der Waals surface area (Å²) in [4.78, 5) is 24.2. The first kappa shape index (κ1) is 15.7. The first-order valence-corrected chi connectivity index (χ1v) is 6.12. The van der Waals surface area contributed by atoms with Gasteiger partial charge in [-0.25, -0.2) is 4.39 Å². The molecule has 0 aliphatic rings. The molecule has 0 aliphatic heterocycles. The molecule has 0 aromatic heterocycles. The average molecular weight is 277 g/mol. The Morgan fingerprint density at radius 3 is 2.55 bits per heavy atom. The average Bonchev–Trinajstić information content (AvgIpc) is 2.35. The maximum atomic E-state index is 13.6. The van der Waals surface area contributed by atoms with Crippen molar-refractivity contribution < 1.29 is 19.1 Å². The van der Waals surface area contributed by atoms with Gasteiger partial charge in [-0.2, -0.15) is 0 Å². The lowest BCUT2D eigenvalue weighted by Crippen LogP contribution is -2.38. The monoisotopic (exact) mass is 277 g/mol. The topological polar surface area (TPSA) is 57.6 Å². The second kappa shape index (κ2) is 6.71. The molecular formula is C15H16FNO3. The predicted molar refractivity (Wildman–Crippen MR) is 72.7 cm³/mol. The van der Waals surface area contributed by atoms with E-state index < -0.39 is 24.2 Å². The van der Waals surface area contributed by atoms with Gasteiger partial charge in [0.2, 0.25) is 0 Å². The normalized spacial score (nSPS) is 10.2. The number of nitrogens with zero attached hydrogens (tertiary/aromatic N) is 1. The third-order valence-corrected chi connectivity index (χ3v) is 2.57. The molecule has 0 saturated carbocycles. The zero-order valence-corrected chi connectivity index (χ0v) is 11.4. The number of rotatable bonds is 5. The SMILES string of the molecule is C#Cc1ccc(C(=O)N(CC(=O)O)CC(C)C)cc1F. The third kappa shape index (κ3) is 4.09. The van der Waals surface area contributed by atoms with E-state index in [-0.39, 0.29) is 23.6 Å². The van der Waals surface area contributed by atoms with Crippen LogP contribution in [0.5, 0.6) is 0 Å². The van der Waals surface area contributed by atoms with Crippen LogP contribution in [0.3, 0.4) is 0 Å². The number of terminal acetylenes is 1. The van der Waals surface area contributed by atoms with E-state index in [0.717, 1.165) is 6.07 Å². The van der Waals surface area contributed by atoms with Gasteiger partial charge in [0, 0.05) is 12.1 Å². The summed E-state index contributed by atoms with van der Waals surface area (Å²) in [7, 11) is 0. The minimum Gasteiger partial charge on any atom is -0.480 e. The Balaban J connectivity index is 3.02. The largest absolute Gasteiger partial charge is 0.480 e. The fourth-order valence-corrected chi connectivity index (χ4v) is 1.77. The molecule has 0 aliphatic carbocycles. The summed E-state index contributed by atoms with van der Waals surface area (Å²) in [6, 6.07) is 3.76. The van der Waals surface area contributed by atoms with Crippen LogP contribution in [0.2, 0.25) is 0 Å². The van der Waals surface area contributed by atoms with Crippen LogP contribution in [0.15, 0.2) is 18.2 Å². The van der Waals surface area contributed by atoms with E-state index in [0.29, 0.717) is 0 Å². The van der Waals surface area contributed by atoms with Crippen molar-refractivity contribution in [3.63, 3.8) is 0 Å². The number of carbonyl (C=O) groups is 2. The predicted octanol–water partition coefficient (Wildman–Crippen LogP) is 1.99. The smallest absolute Gasteiger partial charge is 0.323 e. The number of hydrogen-bond acceptors (Lipinski definition) is 2. The summed E-state index contributed by atoms with van der Waals surface area (Å²) < 4.78 is 13.6. The van der Waals surface area contributed by atoms with Gasteiger partial charge in [-0.1, -0.05) is 19.8 Å². The van der Waals surface area contributed by atoms with Gasteiger partial charge in [-0.3, -0.25) is 9.59 Å². The summed E-state index contributed by atoms with van der Waals surface area (Å²) >= 11 is 0. The highest BCUT2D eigenvalue weighted by Gasteiger charge is 2.20. The second-order valence-corrected chi connectivity index (χ2v) is 4.81. The molecule has 4 nitrogen and oxygen atoms in total. The van der Waals surface area contributed by atoms with Crippen LogP contribution in [-0.2, 0) is 4.79 Å². The van der Waals surface area contributed by atoms with E-state index in [1.807, 2.05) is 13.8 Å². The standard InChI is InChI=1S/C15H16FNO3/c1-4-11-5-6-12(7-13(11)16)15(20)17(8-10(2)3)9-14(18)19/h1,5-7,10H,8-9H2,2-3H3,(H,18,19). The van der Waals surface area contributed by atoms with Crippen molar-refractivity contribution in [1.29, 1.82) is 0 Å². The highest BCUT2D eigenvalue weighted by molar-refractivity contribution is 5.96. The van der Waals surface area contributed by atoms with Gasteiger partial charge in [-0.05, 0) is 24.1 Å². The van der Waals surface area contributed by atoms with Crippen LogP contribution >= 0.6 is 0 Å². The van der Waals surface area contributed by atoms with E-state index in [1.54, 1.807) is 0 Å². The zero-order valence-electron chi connectivity index (χ0n) is 11.4. The lowest BCUT2D eigenvalue weighted by Gasteiger charge is -2.22. The Morgan fingerprint density at radius 2 is 2.10 bits per heavy atom. The number of benzene rings is 1. The van der Waals surface area contributed by atoms with E-state index >= 15 is 0 Å². The van der Waals surface area contributed by atoms with Crippen LogP contribution in [0.25, 0.3) is 0 Å². The number of carbonyl (C=O) groups excluding carboxylic acids is 1. The Bertz CT molecular complexity index is 561. The summed E-state index contributed by atoms with van der Waals surface area (Å²) in [6.07, 6.45) is 5.11. The Kier molecular flexibility index (Phi) is 5.27. The minimum absolute atomic E-state index is 0.0650. The number of amides is 1. The molecule has 0 radical (unpaired) electrons. The van der Waals surface area contributed by atoms with Crippen molar-refractivity contribution in [2.75, 3.05) is 13.1 Å². The highest BCUT2D eigenvalue weighted by Crippen LogP contribution is 2.13.